The Bertz CT molecular complexity index is 962. The van der Waals surface area contributed by atoms with Crippen LogP contribution in [0.3, 0.4) is 0 Å². The van der Waals surface area contributed by atoms with E-state index in [9.17, 15) is 0 Å². The minimum Gasteiger partial charge on any atom is -0.297 e. The Balaban J connectivity index is 1.42. The lowest BCUT2D eigenvalue weighted by Gasteiger charge is -2.26. The van der Waals surface area contributed by atoms with Gasteiger partial charge in [-0.15, -0.1) is 0 Å². The zero-order valence-electron chi connectivity index (χ0n) is 27.0. The maximum Gasteiger partial charge on any atom is 0.0234 e. The third-order valence-electron chi connectivity index (χ3n) is 8.94. The van der Waals surface area contributed by atoms with Crippen molar-refractivity contribution in [3.05, 3.63) is 106 Å². The zero-order chi connectivity index (χ0) is 29.4. The van der Waals surface area contributed by atoms with Gasteiger partial charge in [0, 0.05) is 58.9 Å². The highest BCUT2D eigenvalue weighted by atomic mass is 15.3. The Kier molecular flexibility index (Phi) is 14.1. The molecule has 0 aliphatic carbocycles. The van der Waals surface area contributed by atoms with Crippen LogP contribution in [-0.2, 0) is 38.9 Å². The summed E-state index contributed by atoms with van der Waals surface area (Å²) in [5, 5.41) is 0. The van der Waals surface area contributed by atoms with Crippen molar-refractivity contribution < 1.29 is 0 Å². The lowest BCUT2D eigenvalue weighted by molar-refractivity contribution is 0.209. The Morgan fingerprint density at radius 2 is 0.571 bits per heavy atom. The van der Waals surface area contributed by atoms with E-state index in [1.54, 1.807) is 0 Å². The van der Waals surface area contributed by atoms with Crippen molar-refractivity contribution in [2.75, 3.05) is 39.3 Å². The molecule has 0 radical (unpaired) electrons. The first-order chi connectivity index (χ1) is 20.6. The van der Waals surface area contributed by atoms with E-state index in [-0.39, 0.29) is 0 Å². The fraction of sp³-hybridized carbons (Fsp3) is 0.538. The number of hydrogen-bond acceptors (Lipinski definition) is 3. The van der Waals surface area contributed by atoms with Crippen LogP contribution in [0.5, 0.6) is 0 Å². The normalized spacial score (nSPS) is 15.8. The zero-order valence-corrected chi connectivity index (χ0v) is 27.0. The second-order valence-corrected chi connectivity index (χ2v) is 12.6. The summed E-state index contributed by atoms with van der Waals surface area (Å²) in [6, 6.07) is 28.3. The highest BCUT2D eigenvalue weighted by Gasteiger charge is 2.17. The van der Waals surface area contributed by atoms with E-state index in [1.165, 1.54) is 91.2 Å². The predicted molar refractivity (Wildman–Crippen MR) is 181 cm³/mol. The molecule has 0 unspecified atom stereocenters. The van der Waals surface area contributed by atoms with Crippen LogP contribution in [0.1, 0.15) is 92.7 Å². The third-order valence-corrected chi connectivity index (χ3v) is 8.94. The SMILES string of the molecule is CCCCc1ccc(CN2CCN(Cc3ccc(CCCC)cc3)CCN(Cc3ccc(CCCC)cc3)CC2)cc1. The van der Waals surface area contributed by atoms with E-state index in [2.05, 4.69) is 108 Å². The maximum atomic E-state index is 2.69. The number of hydrogen-bond donors (Lipinski definition) is 0. The molecule has 228 valence electrons. The molecular weight excluding hydrogens is 510 g/mol. The molecule has 0 atom stereocenters. The molecule has 1 heterocycles. The maximum absolute atomic E-state index is 2.69. The largest absolute Gasteiger partial charge is 0.297 e. The second-order valence-electron chi connectivity index (χ2n) is 12.6. The molecule has 0 N–H and O–H groups in total. The van der Waals surface area contributed by atoms with E-state index in [1.807, 2.05) is 0 Å². The van der Waals surface area contributed by atoms with E-state index < -0.39 is 0 Å². The fourth-order valence-corrected chi connectivity index (χ4v) is 6.01. The molecule has 4 rings (SSSR count). The second kappa shape index (κ2) is 18.3. The van der Waals surface area contributed by atoms with Crippen molar-refractivity contribution in [3.63, 3.8) is 0 Å². The van der Waals surface area contributed by atoms with Crippen molar-refractivity contribution in [2.45, 2.75) is 98.2 Å². The molecular formula is C39H57N3. The minimum absolute atomic E-state index is 1.04. The van der Waals surface area contributed by atoms with Gasteiger partial charge in [-0.05, 0) is 71.9 Å². The van der Waals surface area contributed by atoms with Gasteiger partial charge in [0.25, 0.3) is 0 Å². The van der Waals surface area contributed by atoms with E-state index in [0.717, 1.165) is 58.9 Å². The molecule has 1 fully saturated rings. The van der Waals surface area contributed by atoms with Gasteiger partial charge in [-0.3, -0.25) is 14.7 Å². The lowest BCUT2D eigenvalue weighted by Crippen LogP contribution is -2.35. The van der Waals surface area contributed by atoms with Crippen LogP contribution in [0.15, 0.2) is 72.8 Å². The van der Waals surface area contributed by atoms with Crippen LogP contribution >= 0.6 is 0 Å². The summed E-state index contributed by atoms with van der Waals surface area (Å²) in [5.41, 5.74) is 8.75. The molecule has 0 amide bonds. The molecule has 1 aliphatic rings. The van der Waals surface area contributed by atoms with Crippen molar-refractivity contribution in [3.8, 4) is 0 Å². The highest BCUT2D eigenvalue weighted by molar-refractivity contribution is 5.24. The van der Waals surface area contributed by atoms with Gasteiger partial charge in [0.15, 0.2) is 0 Å². The Morgan fingerprint density at radius 3 is 0.786 bits per heavy atom. The van der Waals surface area contributed by atoms with Gasteiger partial charge in [-0.1, -0.05) is 113 Å². The van der Waals surface area contributed by atoms with Crippen LogP contribution < -0.4 is 0 Å². The van der Waals surface area contributed by atoms with Crippen LogP contribution in [-0.4, -0.2) is 54.0 Å². The summed E-state index contributed by atoms with van der Waals surface area (Å²) < 4.78 is 0. The molecule has 0 aromatic heterocycles. The van der Waals surface area contributed by atoms with E-state index in [4.69, 9.17) is 0 Å². The van der Waals surface area contributed by atoms with Gasteiger partial charge >= 0.3 is 0 Å². The first kappa shape index (κ1) is 32.5. The van der Waals surface area contributed by atoms with Crippen LogP contribution in [0.25, 0.3) is 0 Å². The quantitative estimate of drug-likeness (QED) is 0.182. The standard InChI is InChI=1S/C39H57N3/c1-4-7-10-34-13-19-37(20-14-34)31-40-25-27-41(32-38-21-15-35(16-22-38)11-8-5-2)29-30-42(28-26-40)33-39-23-17-36(18-24-39)12-9-6-3/h13-24H,4-12,25-33H2,1-3H3. The number of unbranched alkanes of at least 4 members (excludes halogenated alkanes) is 3. The summed E-state index contributed by atoms with van der Waals surface area (Å²) in [5.74, 6) is 0. The third kappa shape index (κ3) is 11.3. The van der Waals surface area contributed by atoms with Gasteiger partial charge in [0.05, 0.1) is 0 Å². The summed E-state index contributed by atoms with van der Waals surface area (Å²) in [6.45, 7) is 16.6. The van der Waals surface area contributed by atoms with Gasteiger partial charge < -0.3 is 0 Å². The van der Waals surface area contributed by atoms with Crippen LogP contribution in [0.4, 0.5) is 0 Å². The summed E-state index contributed by atoms with van der Waals surface area (Å²) in [7, 11) is 0. The van der Waals surface area contributed by atoms with Crippen LogP contribution in [0, 0.1) is 0 Å². The average molecular weight is 568 g/mol. The molecule has 0 spiro atoms. The number of rotatable bonds is 15. The topological polar surface area (TPSA) is 9.72 Å². The smallest absolute Gasteiger partial charge is 0.0234 e. The number of benzene rings is 3. The Labute approximate surface area is 257 Å². The van der Waals surface area contributed by atoms with Crippen molar-refractivity contribution >= 4 is 0 Å². The minimum atomic E-state index is 1.04. The molecule has 3 heteroatoms. The van der Waals surface area contributed by atoms with E-state index in [0.29, 0.717) is 0 Å². The van der Waals surface area contributed by atoms with Gasteiger partial charge in [-0.2, -0.15) is 0 Å². The Morgan fingerprint density at radius 1 is 0.357 bits per heavy atom. The first-order valence-electron chi connectivity index (χ1n) is 17.1. The molecule has 3 nitrogen and oxygen atoms in total. The van der Waals surface area contributed by atoms with Crippen molar-refractivity contribution in [1.29, 1.82) is 0 Å². The highest BCUT2D eigenvalue weighted by Crippen LogP contribution is 2.16. The molecule has 1 aliphatic heterocycles. The molecule has 0 saturated carbocycles. The van der Waals surface area contributed by atoms with Gasteiger partial charge in [0.2, 0.25) is 0 Å². The monoisotopic (exact) mass is 567 g/mol. The molecule has 3 aromatic carbocycles. The summed E-state index contributed by atoms with van der Waals surface area (Å²) in [4.78, 5) is 8.07. The summed E-state index contributed by atoms with van der Waals surface area (Å²) in [6.07, 6.45) is 11.2. The average Bonchev–Trinajstić information content (AvgIpc) is 3.11. The van der Waals surface area contributed by atoms with Crippen LogP contribution in [0.2, 0.25) is 0 Å². The van der Waals surface area contributed by atoms with Crippen molar-refractivity contribution in [2.24, 2.45) is 0 Å². The number of nitrogens with zero attached hydrogens (tertiary/aromatic N) is 3. The summed E-state index contributed by atoms with van der Waals surface area (Å²) >= 11 is 0. The molecule has 42 heavy (non-hydrogen) atoms. The lowest BCUT2D eigenvalue weighted by atomic mass is 10.1. The number of aryl methyl sites for hydroxylation is 3. The van der Waals surface area contributed by atoms with E-state index >= 15 is 0 Å². The Hall–Kier alpha value is -2.46. The fourth-order valence-electron chi connectivity index (χ4n) is 6.01. The predicted octanol–water partition coefficient (Wildman–Crippen LogP) is 8.53. The molecule has 0 bridgehead atoms. The first-order valence-corrected chi connectivity index (χ1v) is 17.1. The van der Waals surface area contributed by atoms with Crippen molar-refractivity contribution in [1.82, 2.24) is 14.7 Å². The molecule has 1 saturated heterocycles. The van der Waals surface area contributed by atoms with Gasteiger partial charge in [-0.25, -0.2) is 0 Å². The van der Waals surface area contributed by atoms with Gasteiger partial charge in [0.1, 0.15) is 0 Å². The molecule has 3 aromatic rings.